The van der Waals surface area contributed by atoms with Crippen LogP contribution in [0.25, 0.3) is 44.1 Å². The van der Waals surface area contributed by atoms with Crippen LogP contribution in [0.2, 0.25) is 0 Å². The van der Waals surface area contributed by atoms with Crippen LogP contribution in [0.4, 0.5) is 17.1 Å². The summed E-state index contributed by atoms with van der Waals surface area (Å²) < 4.78 is 2.79. The standard InChI is InChI=1S/C59H51BN2Si/c1-57(2,3)36-30-31-47-41(32-36)43-33-37(58(4,5)6)34-44-52-53-42(40-24-15-16-25-45(40)59(53,7)8)35-49-54(52)60(62(47)55(43)44)46-26-19-29-51-56(46)61(49)48-27-17-18-28-50(48)63(51,38-20-11-9-12-21-38)39-22-13-10-14-23-39/h9-35H,1-8H3. The van der Waals surface area contributed by atoms with Crippen molar-refractivity contribution in [2.75, 3.05) is 4.90 Å². The zero-order valence-corrected chi connectivity index (χ0v) is 38.6. The fraction of sp³-hybridized carbons (Fsp3) is 0.186. The molecule has 2 nitrogen and oxygen atoms in total. The summed E-state index contributed by atoms with van der Waals surface area (Å²) in [4.78, 5) is 2.72. The maximum absolute atomic E-state index is 2.87. The second kappa shape index (κ2) is 12.2. The van der Waals surface area contributed by atoms with E-state index in [2.05, 4.69) is 229 Å². The molecule has 0 amide bonds. The van der Waals surface area contributed by atoms with E-state index in [1.807, 2.05) is 0 Å². The van der Waals surface area contributed by atoms with Crippen molar-refractivity contribution in [1.82, 2.24) is 4.48 Å². The topological polar surface area (TPSA) is 8.17 Å². The van der Waals surface area contributed by atoms with Gasteiger partial charge in [-0.1, -0.05) is 183 Å². The summed E-state index contributed by atoms with van der Waals surface area (Å²) in [7, 11) is -2.87. The van der Waals surface area contributed by atoms with Crippen molar-refractivity contribution in [1.29, 1.82) is 0 Å². The summed E-state index contributed by atoms with van der Waals surface area (Å²) in [5.41, 5.74) is 20.4. The second-order valence-electron chi connectivity index (χ2n) is 21.3. The highest BCUT2D eigenvalue weighted by Gasteiger charge is 2.55. The average Bonchev–Trinajstić information content (AvgIpc) is 3.73. The molecule has 0 spiro atoms. The maximum Gasteiger partial charge on any atom is 0.333 e. The number of hydrogen-bond acceptors (Lipinski definition) is 1. The molecule has 0 atom stereocenters. The van der Waals surface area contributed by atoms with Gasteiger partial charge in [-0.15, -0.1) is 0 Å². The maximum atomic E-state index is 2.79. The van der Waals surface area contributed by atoms with Gasteiger partial charge in [-0.3, -0.25) is 0 Å². The van der Waals surface area contributed by atoms with Gasteiger partial charge < -0.3 is 9.38 Å². The number of benzene rings is 8. The molecule has 0 unspecified atom stereocenters. The second-order valence-corrected chi connectivity index (χ2v) is 25.0. The molecule has 0 N–H and O–H groups in total. The first-order valence-corrected chi connectivity index (χ1v) is 24.9. The van der Waals surface area contributed by atoms with Gasteiger partial charge in [-0.2, -0.15) is 0 Å². The third kappa shape index (κ3) is 4.60. The van der Waals surface area contributed by atoms with Crippen molar-refractivity contribution >= 4 is 85.5 Å². The minimum absolute atomic E-state index is 0.0140. The molecule has 4 heteroatoms. The summed E-state index contributed by atoms with van der Waals surface area (Å²) in [6.45, 7) is 19.1. The van der Waals surface area contributed by atoms with Crippen molar-refractivity contribution in [3.05, 3.63) is 186 Å². The Hall–Kier alpha value is -6.36. The Bertz CT molecular complexity index is 3410. The molecule has 63 heavy (non-hydrogen) atoms. The molecule has 0 fully saturated rings. The van der Waals surface area contributed by atoms with Crippen LogP contribution in [0.5, 0.6) is 0 Å². The lowest BCUT2D eigenvalue weighted by molar-refractivity contribution is 0.590. The monoisotopic (exact) mass is 826 g/mol. The van der Waals surface area contributed by atoms with Gasteiger partial charge in [0.05, 0.1) is 0 Å². The number of fused-ring (bicyclic) bond motifs is 13. The lowest BCUT2D eigenvalue weighted by Crippen LogP contribution is -2.78. The molecule has 0 bridgehead atoms. The Morgan fingerprint density at radius 3 is 1.87 bits per heavy atom. The van der Waals surface area contributed by atoms with Gasteiger partial charge in [0, 0.05) is 49.8 Å². The Morgan fingerprint density at radius 2 is 1.16 bits per heavy atom. The highest BCUT2D eigenvalue weighted by Crippen LogP contribution is 2.57. The number of nitrogens with zero attached hydrogens (tertiary/aromatic N) is 2. The molecule has 1 aromatic heterocycles. The Labute approximate surface area is 373 Å². The van der Waals surface area contributed by atoms with E-state index in [1.165, 1.54) is 115 Å². The SMILES string of the molecule is CC(C)(C)c1ccc2c(c1)c1cc(C(C)(C)C)cc3c1n2B1c2cccc4c2N(c2ccccc2[Si]4(c2ccccc2)c2ccccc2)c2cc4c(c-3c21)C(C)(C)c1ccccc1-4. The van der Waals surface area contributed by atoms with E-state index in [9.17, 15) is 0 Å². The van der Waals surface area contributed by atoms with E-state index in [1.54, 1.807) is 0 Å². The van der Waals surface area contributed by atoms with Gasteiger partial charge in [0.1, 0.15) is 0 Å². The molecule has 3 aliphatic heterocycles. The number of aromatic nitrogens is 1. The third-order valence-corrected chi connectivity index (χ3v) is 20.3. The number of rotatable bonds is 2. The van der Waals surface area contributed by atoms with Crippen LogP contribution in [0.3, 0.4) is 0 Å². The molecule has 4 aliphatic rings. The number of para-hydroxylation sites is 2. The van der Waals surface area contributed by atoms with E-state index < -0.39 is 8.07 Å². The highest BCUT2D eigenvalue weighted by molar-refractivity contribution is 7.21. The first kappa shape index (κ1) is 37.2. The van der Waals surface area contributed by atoms with Gasteiger partial charge in [-0.05, 0) is 118 Å². The fourth-order valence-electron chi connectivity index (χ4n) is 12.6. The van der Waals surface area contributed by atoms with Gasteiger partial charge in [0.25, 0.3) is 0 Å². The molecule has 8 aromatic carbocycles. The van der Waals surface area contributed by atoms with Gasteiger partial charge in [0.15, 0.2) is 8.07 Å². The summed E-state index contributed by atoms with van der Waals surface area (Å²) in [5, 5.41) is 8.45. The van der Waals surface area contributed by atoms with Crippen molar-refractivity contribution in [2.45, 2.75) is 71.6 Å². The molecule has 4 heterocycles. The molecular formula is C59H51BN2Si. The minimum Gasteiger partial charge on any atom is -0.375 e. The van der Waals surface area contributed by atoms with Crippen molar-refractivity contribution in [3.63, 3.8) is 0 Å². The summed E-state index contributed by atoms with van der Waals surface area (Å²) >= 11 is 0. The molecule has 13 rings (SSSR count). The van der Waals surface area contributed by atoms with Crippen LogP contribution in [0, 0.1) is 0 Å². The van der Waals surface area contributed by atoms with Crippen LogP contribution in [0.1, 0.15) is 77.6 Å². The Morgan fingerprint density at radius 1 is 0.524 bits per heavy atom. The molecule has 304 valence electrons. The summed E-state index contributed by atoms with van der Waals surface area (Å²) in [6.07, 6.45) is 0. The van der Waals surface area contributed by atoms with Crippen molar-refractivity contribution < 1.29 is 0 Å². The van der Waals surface area contributed by atoms with Crippen LogP contribution in [-0.2, 0) is 16.2 Å². The van der Waals surface area contributed by atoms with Crippen LogP contribution in [0.15, 0.2) is 164 Å². The van der Waals surface area contributed by atoms with Gasteiger partial charge >= 0.3 is 6.85 Å². The average molecular weight is 827 g/mol. The highest BCUT2D eigenvalue weighted by atomic mass is 28.3. The van der Waals surface area contributed by atoms with Gasteiger partial charge in [-0.25, -0.2) is 0 Å². The zero-order chi connectivity index (χ0) is 42.9. The predicted molar refractivity (Wildman–Crippen MR) is 272 cm³/mol. The summed E-state index contributed by atoms with van der Waals surface area (Å²) in [6, 6.07) is 64.2. The molecule has 9 aromatic rings. The molecule has 0 saturated heterocycles. The van der Waals surface area contributed by atoms with Crippen molar-refractivity contribution in [3.8, 4) is 22.3 Å². The first-order valence-electron chi connectivity index (χ1n) is 22.9. The zero-order valence-electron chi connectivity index (χ0n) is 37.6. The number of hydrogen-bond donors (Lipinski definition) is 0. The first-order chi connectivity index (χ1) is 30.3. The van der Waals surface area contributed by atoms with E-state index in [0.717, 1.165) is 0 Å². The summed E-state index contributed by atoms with van der Waals surface area (Å²) in [5.74, 6) is 0. The lowest BCUT2D eigenvalue weighted by atomic mass is 9.44. The Kier molecular flexibility index (Phi) is 7.21. The molecule has 1 aliphatic carbocycles. The van der Waals surface area contributed by atoms with E-state index in [4.69, 9.17) is 0 Å². The molecular weight excluding hydrogens is 776 g/mol. The van der Waals surface area contributed by atoms with E-state index >= 15 is 0 Å². The molecule has 0 radical (unpaired) electrons. The number of anilines is 3. The fourth-order valence-corrected chi connectivity index (χ4v) is 17.8. The van der Waals surface area contributed by atoms with Crippen LogP contribution < -0.4 is 36.6 Å². The largest absolute Gasteiger partial charge is 0.375 e. The Balaban J connectivity index is 1.27. The van der Waals surface area contributed by atoms with Crippen molar-refractivity contribution in [2.24, 2.45) is 0 Å². The lowest BCUT2D eigenvalue weighted by Gasteiger charge is -2.50. The van der Waals surface area contributed by atoms with E-state index in [0.29, 0.717) is 0 Å². The normalized spacial score (nSPS) is 15.8. The molecule has 0 saturated carbocycles. The quantitative estimate of drug-likeness (QED) is 0.158. The predicted octanol–water partition coefficient (Wildman–Crippen LogP) is 10.8. The minimum atomic E-state index is -2.87. The smallest absolute Gasteiger partial charge is 0.333 e. The van der Waals surface area contributed by atoms with Crippen LogP contribution >= 0.6 is 0 Å². The van der Waals surface area contributed by atoms with E-state index in [-0.39, 0.29) is 23.1 Å². The third-order valence-electron chi connectivity index (χ3n) is 15.5. The van der Waals surface area contributed by atoms with Gasteiger partial charge in [0.2, 0.25) is 0 Å². The van der Waals surface area contributed by atoms with Crippen LogP contribution in [-0.4, -0.2) is 19.4 Å².